The van der Waals surface area contributed by atoms with Gasteiger partial charge >= 0.3 is 5.97 Å². The predicted octanol–water partition coefficient (Wildman–Crippen LogP) is 5.56. The second-order valence-electron chi connectivity index (χ2n) is 5.87. The van der Waals surface area contributed by atoms with E-state index in [1.54, 1.807) is 25.3 Å². The molecule has 0 atom stereocenters. The van der Waals surface area contributed by atoms with E-state index in [4.69, 9.17) is 14.2 Å². The number of methoxy groups -OCH3 is 1. The molecule has 0 saturated carbocycles. The number of rotatable bonds is 6. The van der Waals surface area contributed by atoms with Crippen molar-refractivity contribution in [2.45, 2.75) is 13.5 Å². The summed E-state index contributed by atoms with van der Waals surface area (Å²) in [6.07, 6.45) is 0. The molecule has 0 radical (unpaired) electrons. The molecule has 0 spiro atoms. The van der Waals surface area contributed by atoms with Gasteiger partial charge in [-0.25, -0.2) is 4.79 Å². The van der Waals surface area contributed by atoms with Gasteiger partial charge in [0.05, 0.1) is 11.6 Å². The molecule has 138 valence electrons. The summed E-state index contributed by atoms with van der Waals surface area (Å²) >= 11 is 3.49. The number of carbonyl (C=O) groups is 1. The van der Waals surface area contributed by atoms with Crippen LogP contribution < -0.4 is 14.2 Å². The molecule has 0 bridgehead atoms. The van der Waals surface area contributed by atoms with Gasteiger partial charge in [-0.2, -0.15) is 0 Å². The van der Waals surface area contributed by atoms with Crippen LogP contribution in [-0.2, 0) is 6.61 Å². The largest absolute Gasteiger partial charge is 0.495 e. The van der Waals surface area contributed by atoms with Crippen molar-refractivity contribution in [3.05, 3.63) is 87.9 Å². The zero-order valence-electron chi connectivity index (χ0n) is 15.1. The van der Waals surface area contributed by atoms with Crippen molar-refractivity contribution in [3.8, 4) is 17.2 Å². The first-order valence-corrected chi connectivity index (χ1v) is 9.20. The maximum absolute atomic E-state index is 12.9. The van der Waals surface area contributed by atoms with Crippen LogP contribution in [0.1, 0.15) is 21.5 Å². The average Bonchev–Trinajstić information content (AvgIpc) is 2.70. The number of benzene rings is 3. The minimum atomic E-state index is -0.481. The third-order valence-electron chi connectivity index (χ3n) is 4.04. The summed E-state index contributed by atoms with van der Waals surface area (Å²) in [6, 6.07) is 20.4. The van der Waals surface area contributed by atoms with Crippen LogP contribution in [0.25, 0.3) is 0 Å². The van der Waals surface area contributed by atoms with Crippen molar-refractivity contribution in [3.63, 3.8) is 0 Å². The molecule has 4 nitrogen and oxygen atoms in total. The van der Waals surface area contributed by atoms with E-state index in [1.807, 2.05) is 55.5 Å². The number of para-hydroxylation sites is 1. The summed E-state index contributed by atoms with van der Waals surface area (Å²) in [7, 11) is 1.57. The fourth-order valence-electron chi connectivity index (χ4n) is 2.63. The van der Waals surface area contributed by atoms with E-state index >= 15 is 0 Å². The number of carbonyl (C=O) groups excluding carboxylic acids is 1. The van der Waals surface area contributed by atoms with E-state index in [2.05, 4.69) is 15.9 Å². The Bertz CT molecular complexity index is 924. The van der Waals surface area contributed by atoms with Gasteiger partial charge in [0.2, 0.25) is 0 Å². The Morgan fingerprint density at radius 3 is 2.22 bits per heavy atom. The van der Waals surface area contributed by atoms with Gasteiger partial charge in [-0.1, -0.05) is 48.5 Å². The molecule has 0 saturated heterocycles. The highest BCUT2D eigenvalue weighted by atomic mass is 79.9. The first-order chi connectivity index (χ1) is 13.1. The van der Waals surface area contributed by atoms with Crippen molar-refractivity contribution >= 4 is 21.9 Å². The van der Waals surface area contributed by atoms with Gasteiger partial charge in [0.25, 0.3) is 0 Å². The summed E-state index contributed by atoms with van der Waals surface area (Å²) < 4.78 is 17.6. The Hall–Kier alpha value is -2.79. The second-order valence-corrected chi connectivity index (χ2v) is 6.66. The fraction of sp³-hybridized carbons (Fsp3) is 0.136. The lowest BCUT2D eigenvalue weighted by Gasteiger charge is -2.17. The van der Waals surface area contributed by atoms with Gasteiger partial charge in [0, 0.05) is 6.07 Å². The second kappa shape index (κ2) is 8.73. The van der Waals surface area contributed by atoms with E-state index in [0.29, 0.717) is 39.5 Å². The van der Waals surface area contributed by atoms with Crippen LogP contribution in [0, 0.1) is 6.92 Å². The van der Waals surface area contributed by atoms with Gasteiger partial charge in [0.15, 0.2) is 0 Å². The monoisotopic (exact) mass is 426 g/mol. The molecule has 0 amide bonds. The Labute approximate surface area is 166 Å². The number of esters is 1. The molecule has 0 fully saturated rings. The van der Waals surface area contributed by atoms with Crippen LogP contribution in [0.5, 0.6) is 17.2 Å². The topological polar surface area (TPSA) is 44.8 Å². The van der Waals surface area contributed by atoms with Crippen LogP contribution in [0.2, 0.25) is 0 Å². The highest BCUT2D eigenvalue weighted by molar-refractivity contribution is 9.10. The smallest absolute Gasteiger partial charge is 0.347 e. The van der Waals surface area contributed by atoms with E-state index in [9.17, 15) is 4.79 Å². The summed E-state index contributed by atoms with van der Waals surface area (Å²) in [6.45, 7) is 2.15. The number of hydrogen-bond acceptors (Lipinski definition) is 4. The molecular formula is C22H19BrO4. The molecule has 3 rings (SSSR count). The maximum Gasteiger partial charge on any atom is 0.347 e. The van der Waals surface area contributed by atoms with Crippen LogP contribution >= 0.6 is 15.9 Å². The Balaban J connectivity index is 1.94. The third-order valence-corrected chi connectivity index (χ3v) is 5.03. The average molecular weight is 427 g/mol. The van der Waals surface area contributed by atoms with Gasteiger partial charge < -0.3 is 14.2 Å². The van der Waals surface area contributed by atoms with E-state index in [0.717, 1.165) is 5.56 Å². The summed E-state index contributed by atoms with van der Waals surface area (Å²) in [5, 5.41) is 0. The van der Waals surface area contributed by atoms with E-state index in [-0.39, 0.29) is 0 Å². The normalized spacial score (nSPS) is 10.3. The quantitative estimate of drug-likeness (QED) is 0.382. The first-order valence-electron chi connectivity index (χ1n) is 8.41. The minimum Gasteiger partial charge on any atom is -0.495 e. The minimum absolute atomic E-state index is 0.330. The van der Waals surface area contributed by atoms with Crippen molar-refractivity contribution in [1.82, 2.24) is 0 Å². The van der Waals surface area contributed by atoms with Crippen molar-refractivity contribution in [1.29, 1.82) is 0 Å². The lowest BCUT2D eigenvalue weighted by molar-refractivity contribution is 0.0728. The highest BCUT2D eigenvalue weighted by Crippen LogP contribution is 2.38. The highest BCUT2D eigenvalue weighted by Gasteiger charge is 2.23. The number of halogens is 1. The summed E-state index contributed by atoms with van der Waals surface area (Å²) in [5.74, 6) is 0.997. The standard InChI is InChI=1S/C22H19BrO4/c1-15-20(22(24)27-17-11-7-4-8-12-17)18(13-19(25-2)21(15)23)26-14-16-9-5-3-6-10-16/h3-13H,14H2,1-2H3. The molecule has 0 N–H and O–H groups in total. The molecule has 27 heavy (non-hydrogen) atoms. The van der Waals surface area contributed by atoms with Gasteiger partial charge in [-0.3, -0.25) is 0 Å². The van der Waals surface area contributed by atoms with Crippen LogP contribution in [0.15, 0.2) is 71.2 Å². The lowest BCUT2D eigenvalue weighted by Crippen LogP contribution is -2.13. The molecular weight excluding hydrogens is 408 g/mol. The Kier molecular flexibility index (Phi) is 6.14. The zero-order valence-corrected chi connectivity index (χ0v) is 16.7. The van der Waals surface area contributed by atoms with Crippen molar-refractivity contribution in [2.75, 3.05) is 7.11 Å². The van der Waals surface area contributed by atoms with Crippen LogP contribution in [0.3, 0.4) is 0 Å². The Morgan fingerprint density at radius 2 is 1.59 bits per heavy atom. The van der Waals surface area contributed by atoms with E-state index in [1.165, 1.54) is 0 Å². The third kappa shape index (κ3) is 4.49. The lowest BCUT2D eigenvalue weighted by atomic mass is 10.1. The molecule has 3 aromatic carbocycles. The van der Waals surface area contributed by atoms with Crippen molar-refractivity contribution in [2.24, 2.45) is 0 Å². The zero-order chi connectivity index (χ0) is 19.2. The summed E-state index contributed by atoms with van der Waals surface area (Å²) in [5.41, 5.74) is 2.06. The SMILES string of the molecule is COc1cc(OCc2ccccc2)c(C(=O)Oc2ccccc2)c(C)c1Br. The molecule has 5 heteroatoms. The fourth-order valence-corrected chi connectivity index (χ4v) is 3.11. The van der Waals surface area contributed by atoms with Crippen LogP contribution in [0.4, 0.5) is 0 Å². The van der Waals surface area contributed by atoms with Crippen molar-refractivity contribution < 1.29 is 19.0 Å². The molecule has 0 aliphatic carbocycles. The number of ether oxygens (including phenoxy) is 3. The molecule has 0 aliphatic rings. The molecule has 0 heterocycles. The summed E-state index contributed by atoms with van der Waals surface area (Å²) in [4.78, 5) is 12.9. The molecule has 0 aromatic heterocycles. The molecule has 3 aromatic rings. The predicted molar refractivity (Wildman–Crippen MR) is 108 cm³/mol. The van der Waals surface area contributed by atoms with Gasteiger partial charge in [-0.15, -0.1) is 0 Å². The number of hydrogen-bond donors (Lipinski definition) is 0. The first kappa shape index (κ1) is 19.0. The van der Waals surface area contributed by atoms with Crippen LogP contribution in [-0.4, -0.2) is 13.1 Å². The van der Waals surface area contributed by atoms with E-state index < -0.39 is 5.97 Å². The van der Waals surface area contributed by atoms with Gasteiger partial charge in [-0.05, 0) is 46.1 Å². The maximum atomic E-state index is 12.9. The Morgan fingerprint density at radius 1 is 0.963 bits per heavy atom. The molecule has 0 aliphatic heterocycles. The molecule has 0 unspecified atom stereocenters. The van der Waals surface area contributed by atoms with Gasteiger partial charge in [0.1, 0.15) is 29.4 Å².